The number of anilines is 1. The molecule has 0 bridgehead atoms. The number of carbonyl (C=O) groups is 2. The molecular weight excluding hydrogens is 398 g/mol. The Morgan fingerprint density at radius 3 is 2.71 bits per heavy atom. The fourth-order valence-corrected chi connectivity index (χ4v) is 6.90. The van der Waals surface area contributed by atoms with E-state index in [4.69, 9.17) is 0 Å². The third kappa shape index (κ3) is 3.79. The molecule has 0 aromatic heterocycles. The lowest BCUT2D eigenvalue weighted by molar-refractivity contribution is -0.124. The van der Waals surface area contributed by atoms with Crippen LogP contribution in [-0.4, -0.2) is 54.3 Å². The number of amides is 2. The Balaban J connectivity index is 1.88. The monoisotopic (exact) mass is 425 g/mol. The molecule has 9 heteroatoms. The molecular formula is C19H27N3O4S2. The maximum absolute atomic E-state index is 13.3. The Morgan fingerprint density at radius 2 is 2.07 bits per heavy atom. The molecule has 2 aliphatic rings. The summed E-state index contributed by atoms with van der Waals surface area (Å²) >= 11 is 1.44. The van der Waals surface area contributed by atoms with Gasteiger partial charge in [0.2, 0.25) is 21.8 Å². The summed E-state index contributed by atoms with van der Waals surface area (Å²) in [7, 11) is -3.80. The topological polar surface area (TPSA) is 86.8 Å². The van der Waals surface area contributed by atoms with Crippen LogP contribution in [0.3, 0.4) is 0 Å². The fourth-order valence-electron chi connectivity index (χ4n) is 3.70. The summed E-state index contributed by atoms with van der Waals surface area (Å²) in [5, 5.41) is 2.89. The normalized spacial score (nSPS) is 23.5. The van der Waals surface area contributed by atoms with Gasteiger partial charge < -0.3 is 10.2 Å². The van der Waals surface area contributed by atoms with Crippen LogP contribution >= 0.6 is 11.8 Å². The van der Waals surface area contributed by atoms with E-state index in [-0.39, 0.29) is 34.7 Å². The van der Waals surface area contributed by atoms with Gasteiger partial charge in [-0.2, -0.15) is 4.31 Å². The maximum Gasteiger partial charge on any atom is 0.244 e. The molecule has 0 radical (unpaired) electrons. The molecule has 3 unspecified atom stereocenters. The van der Waals surface area contributed by atoms with Crippen LogP contribution in [0.1, 0.15) is 39.7 Å². The minimum absolute atomic E-state index is 0.00157. The van der Waals surface area contributed by atoms with Gasteiger partial charge in [0.1, 0.15) is 6.04 Å². The lowest BCUT2D eigenvalue weighted by atomic mass is 10.1. The van der Waals surface area contributed by atoms with Crippen LogP contribution in [0.4, 0.5) is 5.69 Å². The van der Waals surface area contributed by atoms with Gasteiger partial charge in [-0.3, -0.25) is 9.59 Å². The van der Waals surface area contributed by atoms with Crippen molar-refractivity contribution in [3.63, 3.8) is 0 Å². The number of thioether (sulfide) groups is 1. The fraction of sp³-hybridized carbons (Fsp3) is 0.579. The van der Waals surface area contributed by atoms with Crippen molar-refractivity contribution in [3.05, 3.63) is 23.8 Å². The number of sulfonamides is 1. The number of carbonyl (C=O) groups excluding carboxylic acids is 2. The number of rotatable bonds is 5. The number of fused-ring (bicyclic) bond motifs is 1. The number of nitrogens with one attached hydrogen (secondary N) is 1. The first-order chi connectivity index (χ1) is 13.2. The van der Waals surface area contributed by atoms with Crippen LogP contribution in [0.5, 0.6) is 0 Å². The third-order valence-electron chi connectivity index (χ3n) is 5.36. The Labute approximate surface area is 170 Å². The molecule has 2 aliphatic heterocycles. The molecule has 1 fully saturated rings. The molecule has 0 saturated carbocycles. The van der Waals surface area contributed by atoms with Crippen LogP contribution in [-0.2, 0) is 26.0 Å². The average Bonchev–Trinajstić information content (AvgIpc) is 3.24. The standard InChI is InChI=1S/C19H27N3O4S2/c1-5-12(2)20-19(24)18-10-27-11-21(18)28(25,26)16-6-7-17-15(9-16)8-13(3)22(17)14(4)23/h6-7,9,12-13,18H,5,8,10-11H2,1-4H3,(H,20,24). The molecule has 28 heavy (non-hydrogen) atoms. The first kappa shape index (κ1) is 21.1. The summed E-state index contributed by atoms with van der Waals surface area (Å²) in [5.74, 6) is 0.398. The van der Waals surface area contributed by atoms with Gasteiger partial charge in [0, 0.05) is 30.4 Å². The van der Waals surface area contributed by atoms with E-state index in [1.807, 2.05) is 20.8 Å². The highest BCUT2D eigenvalue weighted by Gasteiger charge is 2.41. The van der Waals surface area contributed by atoms with Crippen molar-refractivity contribution in [1.82, 2.24) is 9.62 Å². The summed E-state index contributed by atoms with van der Waals surface area (Å²) < 4.78 is 27.8. The second kappa shape index (κ2) is 8.04. The quantitative estimate of drug-likeness (QED) is 0.779. The van der Waals surface area contributed by atoms with Crippen molar-refractivity contribution in [1.29, 1.82) is 0 Å². The van der Waals surface area contributed by atoms with Crippen molar-refractivity contribution in [2.45, 2.75) is 63.6 Å². The molecule has 3 atom stereocenters. The van der Waals surface area contributed by atoms with E-state index in [1.165, 1.54) is 29.1 Å². The second-order valence-corrected chi connectivity index (χ2v) is 10.3. The minimum Gasteiger partial charge on any atom is -0.352 e. The van der Waals surface area contributed by atoms with E-state index < -0.39 is 16.1 Å². The summed E-state index contributed by atoms with van der Waals surface area (Å²) in [5.41, 5.74) is 1.61. The summed E-state index contributed by atoms with van der Waals surface area (Å²) in [4.78, 5) is 26.3. The molecule has 1 saturated heterocycles. The van der Waals surface area contributed by atoms with E-state index in [0.29, 0.717) is 12.2 Å². The first-order valence-corrected chi connectivity index (χ1v) is 12.1. The molecule has 3 rings (SSSR count). The van der Waals surface area contributed by atoms with Crippen molar-refractivity contribution < 1.29 is 18.0 Å². The van der Waals surface area contributed by atoms with Gasteiger partial charge in [-0.1, -0.05) is 6.92 Å². The third-order valence-corrected chi connectivity index (χ3v) is 8.38. The molecule has 7 nitrogen and oxygen atoms in total. The minimum atomic E-state index is -3.80. The van der Waals surface area contributed by atoms with Gasteiger partial charge in [-0.15, -0.1) is 11.8 Å². The molecule has 1 N–H and O–H groups in total. The molecule has 2 heterocycles. The molecule has 0 aliphatic carbocycles. The zero-order valence-corrected chi connectivity index (χ0v) is 18.3. The summed E-state index contributed by atoms with van der Waals surface area (Å²) in [6, 6.07) is 4.18. The van der Waals surface area contributed by atoms with E-state index in [1.54, 1.807) is 17.0 Å². The van der Waals surface area contributed by atoms with Gasteiger partial charge in [-0.05, 0) is 50.5 Å². The van der Waals surface area contributed by atoms with Gasteiger partial charge in [0.15, 0.2) is 0 Å². The lowest BCUT2D eigenvalue weighted by Crippen LogP contribution is -2.49. The Kier molecular flexibility index (Phi) is 6.07. The highest BCUT2D eigenvalue weighted by Crippen LogP contribution is 2.36. The van der Waals surface area contributed by atoms with Gasteiger partial charge >= 0.3 is 0 Å². The van der Waals surface area contributed by atoms with Crippen LogP contribution in [0, 0.1) is 0 Å². The van der Waals surface area contributed by atoms with Crippen molar-refractivity contribution in [2.75, 3.05) is 16.5 Å². The highest BCUT2D eigenvalue weighted by molar-refractivity contribution is 8.00. The van der Waals surface area contributed by atoms with Crippen LogP contribution in [0.2, 0.25) is 0 Å². The smallest absolute Gasteiger partial charge is 0.244 e. The number of benzene rings is 1. The second-order valence-electron chi connectivity index (χ2n) is 7.46. The molecule has 154 valence electrons. The Bertz CT molecular complexity index is 887. The lowest BCUT2D eigenvalue weighted by Gasteiger charge is -2.24. The van der Waals surface area contributed by atoms with Crippen LogP contribution in [0.15, 0.2) is 23.1 Å². The summed E-state index contributed by atoms with van der Waals surface area (Å²) in [6.07, 6.45) is 1.40. The van der Waals surface area contributed by atoms with E-state index in [0.717, 1.165) is 17.7 Å². The van der Waals surface area contributed by atoms with Crippen molar-refractivity contribution in [2.24, 2.45) is 0 Å². The Hall–Kier alpha value is -1.58. The van der Waals surface area contributed by atoms with Gasteiger partial charge in [-0.25, -0.2) is 8.42 Å². The van der Waals surface area contributed by atoms with Gasteiger partial charge in [0.05, 0.1) is 10.8 Å². The molecule has 1 aromatic rings. The zero-order valence-electron chi connectivity index (χ0n) is 16.6. The maximum atomic E-state index is 13.3. The number of hydrogen-bond donors (Lipinski definition) is 1. The molecule has 1 aromatic carbocycles. The van der Waals surface area contributed by atoms with Crippen molar-refractivity contribution in [3.8, 4) is 0 Å². The van der Waals surface area contributed by atoms with E-state index >= 15 is 0 Å². The summed E-state index contributed by atoms with van der Waals surface area (Å²) in [6.45, 7) is 7.33. The van der Waals surface area contributed by atoms with Crippen LogP contribution < -0.4 is 10.2 Å². The van der Waals surface area contributed by atoms with E-state index in [9.17, 15) is 18.0 Å². The predicted molar refractivity (Wildman–Crippen MR) is 111 cm³/mol. The van der Waals surface area contributed by atoms with Gasteiger partial charge in [0.25, 0.3) is 0 Å². The number of hydrogen-bond acceptors (Lipinski definition) is 5. The zero-order chi connectivity index (χ0) is 20.6. The SMILES string of the molecule is CCC(C)NC(=O)C1CSCN1S(=O)(=O)c1ccc2c(c1)CC(C)N2C(C)=O. The van der Waals surface area contributed by atoms with Crippen LogP contribution in [0.25, 0.3) is 0 Å². The predicted octanol–water partition coefficient (Wildman–Crippen LogP) is 1.96. The first-order valence-electron chi connectivity index (χ1n) is 9.49. The molecule has 2 amide bonds. The van der Waals surface area contributed by atoms with E-state index in [2.05, 4.69) is 5.32 Å². The average molecular weight is 426 g/mol. The Morgan fingerprint density at radius 1 is 1.36 bits per heavy atom. The largest absolute Gasteiger partial charge is 0.352 e. The molecule has 0 spiro atoms. The van der Waals surface area contributed by atoms with Crippen molar-refractivity contribution >= 4 is 39.3 Å². The highest BCUT2D eigenvalue weighted by atomic mass is 32.2. The number of nitrogens with zero attached hydrogens (tertiary/aromatic N) is 2.